The summed E-state index contributed by atoms with van der Waals surface area (Å²) in [7, 11) is 1.45. The zero-order valence-corrected chi connectivity index (χ0v) is 16.4. The van der Waals surface area contributed by atoms with Gasteiger partial charge in [0.15, 0.2) is 11.6 Å². The normalized spacial score (nSPS) is 13.4. The molecule has 1 aromatic heterocycles. The fraction of sp³-hybridized carbons (Fsp3) is 0.261. The summed E-state index contributed by atoms with van der Waals surface area (Å²) in [4.78, 5) is 6.83. The Balaban J connectivity index is 1.36. The average molecular weight is 393 g/mol. The highest BCUT2D eigenvalue weighted by atomic mass is 19.1. The standard InChI is InChI=1S/C23H24FN3O2/c1-28-23-13-17(8-10-22(23)24)25-15-18-7-9-21(16-26-18)29-20-6-4-5-19(14-20)27-11-2-3-12-27/h4-10,13-14,16,25H,2-3,11-12,15H2,1H3. The van der Waals surface area contributed by atoms with Crippen LogP contribution < -0.4 is 19.7 Å². The van der Waals surface area contributed by atoms with E-state index in [0.29, 0.717) is 12.3 Å². The first-order chi connectivity index (χ1) is 14.2. The highest BCUT2D eigenvalue weighted by molar-refractivity contribution is 5.52. The molecule has 150 valence electrons. The molecule has 0 unspecified atom stereocenters. The van der Waals surface area contributed by atoms with Crippen LogP contribution in [-0.4, -0.2) is 25.2 Å². The van der Waals surface area contributed by atoms with Crippen LogP contribution in [0.25, 0.3) is 0 Å². The number of rotatable bonds is 7. The minimum absolute atomic E-state index is 0.211. The molecule has 1 fully saturated rings. The zero-order valence-electron chi connectivity index (χ0n) is 16.4. The van der Waals surface area contributed by atoms with Gasteiger partial charge in [0, 0.05) is 36.6 Å². The van der Waals surface area contributed by atoms with E-state index in [0.717, 1.165) is 30.2 Å². The van der Waals surface area contributed by atoms with Crippen molar-refractivity contribution in [3.8, 4) is 17.2 Å². The zero-order chi connectivity index (χ0) is 20.1. The van der Waals surface area contributed by atoms with Gasteiger partial charge in [0.1, 0.15) is 11.5 Å². The molecule has 0 aliphatic carbocycles. The van der Waals surface area contributed by atoms with E-state index in [4.69, 9.17) is 9.47 Å². The molecule has 5 nitrogen and oxygen atoms in total. The van der Waals surface area contributed by atoms with Crippen molar-refractivity contribution in [1.82, 2.24) is 4.98 Å². The third kappa shape index (κ3) is 4.77. The highest BCUT2D eigenvalue weighted by Gasteiger charge is 2.12. The van der Waals surface area contributed by atoms with Gasteiger partial charge in [-0.3, -0.25) is 4.98 Å². The predicted octanol–water partition coefficient (Wildman–Crippen LogP) is 5.23. The van der Waals surface area contributed by atoms with Crippen molar-refractivity contribution in [1.29, 1.82) is 0 Å². The molecule has 0 amide bonds. The van der Waals surface area contributed by atoms with Gasteiger partial charge >= 0.3 is 0 Å². The van der Waals surface area contributed by atoms with Gasteiger partial charge in [-0.15, -0.1) is 0 Å². The van der Waals surface area contributed by atoms with Gasteiger partial charge in [-0.1, -0.05) is 6.07 Å². The van der Waals surface area contributed by atoms with E-state index in [2.05, 4.69) is 27.3 Å². The van der Waals surface area contributed by atoms with E-state index in [9.17, 15) is 4.39 Å². The molecule has 2 aromatic carbocycles. The molecule has 0 spiro atoms. The van der Waals surface area contributed by atoms with Crippen LogP contribution in [0, 0.1) is 5.82 Å². The number of methoxy groups -OCH3 is 1. The summed E-state index contributed by atoms with van der Waals surface area (Å²) < 4.78 is 24.5. The molecular weight excluding hydrogens is 369 g/mol. The molecule has 1 N–H and O–H groups in total. The first-order valence-corrected chi connectivity index (χ1v) is 9.76. The van der Waals surface area contributed by atoms with Gasteiger partial charge in [-0.2, -0.15) is 0 Å². The smallest absolute Gasteiger partial charge is 0.165 e. The van der Waals surface area contributed by atoms with Gasteiger partial charge in [0.2, 0.25) is 0 Å². The van der Waals surface area contributed by atoms with E-state index in [1.54, 1.807) is 18.3 Å². The topological polar surface area (TPSA) is 46.6 Å². The Kier molecular flexibility index (Phi) is 5.79. The molecule has 2 heterocycles. The fourth-order valence-corrected chi connectivity index (χ4v) is 3.39. The molecule has 6 heteroatoms. The van der Waals surface area contributed by atoms with E-state index in [1.165, 1.54) is 31.7 Å². The van der Waals surface area contributed by atoms with Crippen molar-refractivity contribution < 1.29 is 13.9 Å². The summed E-state index contributed by atoms with van der Waals surface area (Å²) in [5.41, 5.74) is 2.82. The Morgan fingerprint density at radius 3 is 2.66 bits per heavy atom. The lowest BCUT2D eigenvalue weighted by molar-refractivity contribution is 0.387. The maximum atomic E-state index is 13.5. The number of ether oxygens (including phenoxy) is 2. The van der Waals surface area contributed by atoms with Crippen molar-refractivity contribution in [3.63, 3.8) is 0 Å². The van der Waals surface area contributed by atoms with Crippen LogP contribution in [-0.2, 0) is 6.54 Å². The largest absolute Gasteiger partial charge is 0.494 e. The maximum Gasteiger partial charge on any atom is 0.165 e. The number of hydrogen-bond donors (Lipinski definition) is 1. The molecular formula is C23H24FN3O2. The molecule has 0 bridgehead atoms. The van der Waals surface area contributed by atoms with Crippen molar-refractivity contribution in [3.05, 3.63) is 72.3 Å². The molecule has 0 atom stereocenters. The number of hydrogen-bond acceptors (Lipinski definition) is 5. The lowest BCUT2D eigenvalue weighted by Crippen LogP contribution is -2.17. The van der Waals surface area contributed by atoms with E-state index < -0.39 is 0 Å². The summed E-state index contributed by atoms with van der Waals surface area (Å²) in [5.74, 6) is 1.32. The molecule has 4 rings (SSSR count). The number of nitrogens with one attached hydrogen (secondary N) is 1. The minimum atomic E-state index is -0.383. The molecule has 1 aliphatic rings. The second-order valence-electron chi connectivity index (χ2n) is 6.98. The van der Waals surface area contributed by atoms with E-state index in [-0.39, 0.29) is 11.6 Å². The Bertz CT molecular complexity index is 957. The third-order valence-electron chi connectivity index (χ3n) is 4.95. The van der Waals surface area contributed by atoms with Crippen molar-refractivity contribution >= 4 is 11.4 Å². The highest BCUT2D eigenvalue weighted by Crippen LogP contribution is 2.28. The summed E-state index contributed by atoms with van der Waals surface area (Å²) in [6.07, 6.45) is 4.20. The molecule has 0 radical (unpaired) electrons. The van der Waals surface area contributed by atoms with Gasteiger partial charge in [0.05, 0.1) is 25.5 Å². The Morgan fingerprint density at radius 2 is 1.90 bits per heavy atom. The lowest BCUT2D eigenvalue weighted by atomic mass is 10.2. The van der Waals surface area contributed by atoms with Crippen molar-refractivity contribution in [2.75, 3.05) is 30.4 Å². The molecule has 1 saturated heterocycles. The van der Waals surface area contributed by atoms with Crippen molar-refractivity contribution in [2.24, 2.45) is 0 Å². The van der Waals surface area contributed by atoms with E-state index >= 15 is 0 Å². The molecule has 0 saturated carbocycles. The summed E-state index contributed by atoms with van der Waals surface area (Å²) >= 11 is 0. The molecule has 1 aliphatic heterocycles. The maximum absolute atomic E-state index is 13.5. The van der Waals surface area contributed by atoms with Crippen LogP contribution >= 0.6 is 0 Å². The minimum Gasteiger partial charge on any atom is -0.494 e. The fourth-order valence-electron chi connectivity index (χ4n) is 3.39. The number of benzene rings is 2. The van der Waals surface area contributed by atoms with Crippen molar-refractivity contribution in [2.45, 2.75) is 19.4 Å². The summed E-state index contributed by atoms with van der Waals surface area (Å²) in [6, 6.07) is 16.6. The van der Waals surface area contributed by atoms with E-state index in [1.807, 2.05) is 24.3 Å². The molecule has 29 heavy (non-hydrogen) atoms. The molecule has 3 aromatic rings. The van der Waals surface area contributed by atoms with Gasteiger partial charge in [-0.25, -0.2) is 4.39 Å². The monoisotopic (exact) mass is 393 g/mol. The Labute approximate surface area is 170 Å². The van der Waals surface area contributed by atoms with Crippen LogP contribution in [0.3, 0.4) is 0 Å². The summed E-state index contributed by atoms with van der Waals surface area (Å²) in [6.45, 7) is 2.72. The average Bonchev–Trinajstić information content (AvgIpc) is 3.29. The van der Waals surface area contributed by atoms with Crippen LogP contribution in [0.5, 0.6) is 17.2 Å². The van der Waals surface area contributed by atoms with Crippen LogP contribution in [0.15, 0.2) is 60.8 Å². The number of pyridine rings is 1. The Morgan fingerprint density at radius 1 is 1.03 bits per heavy atom. The number of anilines is 2. The third-order valence-corrected chi connectivity index (χ3v) is 4.95. The number of nitrogens with zero attached hydrogens (tertiary/aromatic N) is 2. The first-order valence-electron chi connectivity index (χ1n) is 9.76. The lowest BCUT2D eigenvalue weighted by Gasteiger charge is -2.18. The second-order valence-corrected chi connectivity index (χ2v) is 6.98. The second kappa shape index (κ2) is 8.82. The van der Waals surface area contributed by atoms with Crippen LogP contribution in [0.1, 0.15) is 18.5 Å². The van der Waals surface area contributed by atoms with Gasteiger partial charge in [-0.05, 0) is 49.2 Å². The SMILES string of the molecule is COc1cc(NCc2ccc(Oc3cccc(N4CCCC4)c3)cn2)ccc1F. The first kappa shape index (κ1) is 19.1. The van der Waals surface area contributed by atoms with Gasteiger partial charge in [0.25, 0.3) is 0 Å². The Hall–Kier alpha value is -3.28. The van der Waals surface area contributed by atoms with Crippen LogP contribution in [0.2, 0.25) is 0 Å². The predicted molar refractivity (Wildman–Crippen MR) is 112 cm³/mol. The quantitative estimate of drug-likeness (QED) is 0.595. The number of aromatic nitrogens is 1. The summed E-state index contributed by atoms with van der Waals surface area (Å²) in [5, 5.41) is 3.22. The van der Waals surface area contributed by atoms with Gasteiger partial charge < -0.3 is 19.7 Å². The number of halogens is 1. The van der Waals surface area contributed by atoms with Crippen LogP contribution in [0.4, 0.5) is 15.8 Å².